The van der Waals surface area contributed by atoms with Gasteiger partial charge in [0, 0.05) is 0 Å². The van der Waals surface area contributed by atoms with Crippen molar-refractivity contribution < 1.29 is 0 Å². The Labute approximate surface area is 75.1 Å². The average molecular weight is 154 g/mol. The molecule has 0 bridgehead atoms. The highest BCUT2D eigenvalue weighted by molar-refractivity contribution is 5.26. The van der Waals surface area contributed by atoms with E-state index in [4.69, 9.17) is 6.42 Å². The molecule has 0 heterocycles. The van der Waals surface area contributed by atoms with Crippen LogP contribution in [0, 0.1) is 47.9 Å². The molecule has 0 heteroatoms. The molecule has 0 atom stereocenters. The van der Waals surface area contributed by atoms with Crippen molar-refractivity contribution in [2.24, 2.45) is 0 Å². The van der Waals surface area contributed by atoms with Crippen molar-refractivity contribution in [1.29, 1.82) is 0 Å². The van der Waals surface area contributed by atoms with E-state index in [1.807, 2.05) is 0 Å². The van der Waals surface area contributed by atoms with E-state index in [1.165, 1.54) is 6.08 Å². The van der Waals surface area contributed by atoms with E-state index >= 15 is 0 Å². The molecule has 0 fully saturated rings. The van der Waals surface area contributed by atoms with E-state index in [-0.39, 0.29) is 0 Å². The minimum atomic E-state index is 1.46. The molecule has 0 aromatic heterocycles. The lowest BCUT2D eigenvalue weighted by Crippen LogP contribution is -1.42. The van der Waals surface area contributed by atoms with Gasteiger partial charge in [-0.15, -0.1) is 6.42 Å². The molecule has 58 valence electrons. The second kappa shape index (κ2) is 16.0. The van der Waals surface area contributed by atoms with Gasteiger partial charge in [0.2, 0.25) is 0 Å². The van der Waals surface area contributed by atoms with Crippen LogP contribution in [0.1, 0.15) is 13.8 Å². The quantitative estimate of drug-likeness (QED) is 0.467. The van der Waals surface area contributed by atoms with E-state index < -0.39 is 0 Å². The molecule has 0 spiro atoms. The van der Waals surface area contributed by atoms with Gasteiger partial charge in [0.05, 0.1) is 0 Å². The lowest BCUT2D eigenvalue weighted by molar-refractivity contribution is 1.90. The Morgan fingerprint density at radius 2 is 1.58 bits per heavy atom. The second-order valence-corrected chi connectivity index (χ2v) is 1.37. The molecule has 0 amide bonds. The van der Waals surface area contributed by atoms with Gasteiger partial charge in [0.25, 0.3) is 0 Å². The van der Waals surface area contributed by atoms with Crippen LogP contribution < -0.4 is 0 Å². The van der Waals surface area contributed by atoms with Gasteiger partial charge < -0.3 is 0 Å². The highest BCUT2D eigenvalue weighted by atomic mass is 13.5. The van der Waals surface area contributed by atoms with Crippen LogP contribution in [-0.4, -0.2) is 0 Å². The molecule has 0 unspecified atom stereocenters. The third-order valence-electron chi connectivity index (χ3n) is 0.559. The van der Waals surface area contributed by atoms with Crippen molar-refractivity contribution in [2.75, 3.05) is 0 Å². The standard InChI is InChI=1S/C6H6.C6H4/c2*1-3-5-6-4-2/h1-2H3;1,4H,2H2. The maximum absolute atomic E-state index is 4.74. The molecule has 0 nitrogen and oxygen atoms in total. The molecule has 0 saturated carbocycles. The van der Waals surface area contributed by atoms with Crippen LogP contribution in [0.25, 0.3) is 0 Å². The van der Waals surface area contributed by atoms with Gasteiger partial charge in [-0.05, 0) is 43.6 Å². The molecule has 0 saturated heterocycles. The maximum atomic E-state index is 4.74. The predicted molar refractivity (Wildman–Crippen MR) is 53.7 cm³/mol. The van der Waals surface area contributed by atoms with Crippen LogP contribution >= 0.6 is 0 Å². The average Bonchev–Trinajstić information content (AvgIpc) is 2.12. The molecule has 0 aromatic rings. The third-order valence-corrected chi connectivity index (χ3v) is 0.559. The maximum Gasteiger partial charge on any atom is -0.00168 e. The summed E-state index contributed by atoms with van der Waals surface area (Å²) in [4.78, 5) is 0. The fourth-order valence-corrected chi connectivity index (χ4v) is 0.218. The number of hydrogen-bond acceptors (Lipinski definition) is 0. The minimum Gasteiger partial charge on any atom is -0.106 e. The molecule has 0 N–H and O–H groups in total. The number of terminal acetylenes is 1. The number of rotatable bonds is 0. The lowest BCUT2D eigenvalue weighted by Gasteiger charge is -1.48. The SMILES string of the molecule is C#CC#CC=C.CC#CC#CC. The zero-order chi connectivity index (χ0) is 9.66. The first kappa shape index (κ1) is 12.6. The predicted octanol–water partition coefficient (Wildman–Crippen LogP) is 1.84. The number of allylic oxidation sites excluding steroid dienone is 1. The molecular formula is C12H10. The topological polar surface area (TPSA) is 0 Å². The molecule has 0 aromatic carbocycles. The van der Waals surface area contributed by atoms with Crippen molar-refractivity contribution >= 4 is 0 Å². The highest BCUT2D eigenvalue weighted by Crippen LogP contribution is 1.50. The lowest BCUT2D eigenvalue weighted by atomic mass is 10.6. The van der Waals surface area contributed by atoms with Gasteiger partial charge in [-0.3, -0.25) is 0 Å². The van der Waals surface area contributed by atoms with E-state index in [9.17, 15) is 0 Å². The fraction of sp³-hybridized carbons (Fsp3) is 0.167. The van der Waals surface area contributed by atoms with Crippen LogP contribution in [0.15, 0.2) is 12.7 Å². The van der Waals surface area contributed by atoms with Crippen molar-refractivity contribution in [2.45, 2.75) is 13.8 Å². The van der Waals surface area contributed by atoms with Crippen LogP contribution in [0.5, 0.6) is 0 Å². The largest absolute Gasteiger partial charge is 0.106 e. The molecule has 0 rings (SSSR count). The Kier molecular flexibility index (Phi) is 16.8. The first-order valence-electron chi connectivity index (χ1n) is 3.24. The highest BCUT2D eigenvalue weighted by Gasteiger charge is 1.42. The van der Waals surface area contributed by atoms with Gasteiger partial charge >= 0.3 is 0 Å². The first-order valence-corrected chi connectivity index (χ1v) is 3.24. The molecule has 0 aliphatic rings. The van der Waals surface area contributed by atoms with E-state index in [0.29, 0.717) is 0 Å². The summed E-state index contributed by atoms with van der Waals surface area (Å²) in [6, 6.07) is 0. The van der Waals surface area contributed by atoms with E-state index in [1.54, 1.807) is 13.8 Å². The van der Waals surface area contributed by atoms with Gasteiger partial charge in [-0.1, -0.05) is 24.3 Å². The van der Waals surface area contributed by atoms with Crippen LogP contribution in [0.4, 0.5) is 0 Å². The second-order valence-electron chi connectivity index (χ2n) is 1.37. The van der Waals surface area contributed by atoms with Crippen molar-refractivity contribution in [3.8, 4) is 47.9 Å². The molecule has 0 radical (unpaired) electrons. The summed E-state index contributed by atoms with van der Waals surface area (Å²) < 4.78 is 0. The van der Waals surface area contributed by atoms with Crippen LogP contribution in [0.2, 0.25) is 0 Å². The van der Waals surface area contributed by atoms with Crippen molar-refractivity contribution in [3.05, 3.63) is 12.7 Å². The van der Waals surface area contributed by atoms with E-state index in [2.05, 4.69) is 48.0 Å². The van der Waals surface area contributed by atoms with Gasteiger partial charge in [-0.25, -0.2) is 0 Å². The fourth-order valence-electron chi connectivity index (χ4n) is 0.218. The van der Waals surface area contributed by atoms with Gasteiger partial charge in [0.15, 0.2) is 0 Å². The van der Waals surface area contributed by atoms with Crippen molar-refractivity contribution in [3.63, 3.8) is 0 Å². The Bertz CT molecular complexity index is 300. The molecular weight excluding hydrogens is 144 g/mol. The summed E-state index contributed by atoms with van der Waals surface area (Å²) in [6.45, 7) is 6.87. The monoisotopic (exact) mass is 154 g/mol. The third kappa shape index (κ3) is 24.5. The zero-order valence-corrected chi connectivity index (χ0v) is 7.36. The smallest absolute Gasteiger partial charge is 0.00168 e. The Hall–Kier alpha value is -2.02. The summed E-state index contributed by atoms with van der Waals surface area (Å²) >= 11 is 0. The molecule has 12 heavy (non-hydrogen) atoms. The van der Waals surface area contributed by atoms with Crippen LogP contribution in [-0.2, 0) is 0 Å². The minimum absolute atomic E-state index is 1.46. The summed E-state index contributed by atoms with van der Waals surface area (Å²) in [7, 11) is 0. The Morgan fingerprint density at radius 3 is 1.75 bits per heavy atom. The summed E-state index contributed by atoms with van der Waals surface area (Å²) in [6.07, 6.45) is 6.20. The summed E-state index contributed by atoms with van der Waals surface area (Å²) in [5.74, 6) is 17.4. The normalized spacial score (nSPS) is 3.75. The van der Waals surface area contributed by atoms with Crippen LogP contribution in [0.3, 0.4) is 0 Å². The first-order chi connectivity index (χ1) is 5.83. The Morgan fingerprint density at radius 1 is 1.08 bits per heavy atom. The Balaban J connectivity index is 0. The zero-order valence-electron chi connectivity index (χ0n) is 7.36. The summed E-state index contributed by atoms with van der Waals surface area (Å²) in [5, 5.41) is 0. The van der Waals surface area contributed by atoms with E-state index in [0.717, 1.165) is 0 Å². The van der Waals surface area contributed by atoms with Gasteiger partial charge in [0.1, 0.15) is 0 Å². The molecule has 0 aliphatic heterocycles. The number of hydrogen-bond donors (Lipinski definition) is 0. The van der Waals surface area contributed by atoms with Crippen molar-refractivity contribution in [1.82, 2.24) is 0 Å². The summed E-state index contributed by atoms with van der Waals surface area (Å²) in [5.41, 5.74) is 0. The molecule has 0 aliphatic carbocycles. The van der Waals surface area contributed by atoms with Gasteiger partial charge in [-0.2, -0.15) is 0 Å².